The number of alkyl halides is 3. The van der Waals surface area contributed by atoms with Crippen molar-refractivity contribution >= 4 is 0 Å². The molecule has 6 heteroatoms. The number of nitrogens with zero attached hydrogens (tertiary/aromatic N) is 1. The van der Waals surface area contributed by atoms with Gasteiger partial charge in [0.1, 0.15) is 6.61 Å². The van der Waals surface area contributed by atoms with Crippen molar-refractivity contribution in [1.29, 1.82) is 0 Å². The molecule has 1 rings (SSSR count). The Labute approximate surface area is 85.1 Å². The van der Waals surface area contributed by atoms with Crippen LogP contribution in [0.25, 0.3) is 0 Å². The largest absolute Gasteiger partial charge is 0.411 e. The molecule has 0 unspecified atom stereocenters. The standard InChI is InChI=1S/C9H12F3NO2/c10-9(11,12)7-15-5-4-13-3-1-2-8(13)6-14/h1-3,14H,4-7H2. The van der Waals surface area contributed by atoms with E-state index in [0.29, 0.717) is 12.2 Å². The number of halogens is 3. The molecule has 1 heterocycles. The SMILES string of the molecule is OCc1cccn1CCOCC(F)(F)F. The maximum Gasteiger partial charge on any atom is 0.411 e. The molecular weight excluding hydrogens is 211 g/mol. The molecule has 0 aliphatic carbocycles. The Kier molecular flexibility index (Phi) is 4.16. The molecule has 0 aromatic carbocycles. The Morgan fingerprint density at radius 1 is 1.40 bits per heavy atom. The summed E-state index contributed by atoms with van der Waals surface area (Å²) < 4.78 is 41.2. The zero-order chi connectivity index (χ0) is 11.3. The molecule has 0 atom stereocenters. The fourth-order valence-electron chi connectivity index (χ4n) is 1.16. The minimum atomic E-state index is -4.28. The van der Waals surface area contributed by atoms with E-state index in [0.717, 1.165) is 0 Å². The number of aliphatic hydroxyl groups excluding tert-OH is 1. The van der Waals surface area contributed by atoms with Crippen molar-refractivity contribution in [2.75, 3.05) is 13.2 Å². The molecule has 1 aromatic rings. The lowest BCUT2D eigenvalue weighted by Crippen LogP contribution is -2.19. The summed E-state index contributed by atoms with van der Waals surface area (Å²) in [5.74, 6) is 0. The number of aliphatic hydroxyl groups is 1. The van der Waals surface area contributed by atoms with Crippen molar-refractivity contribution in [1.82, 2.24) is 4.57 Å². The predicted molar refractivity (Wildman–Crippen MR) is 47.2 cm³/mol. The van der Waals surface area contributed by atoms with E-state index in [1.165, 1.54) is 0 Å². The highest BCUT2D eigenvalue weighted by Crippen LogP contribution is 2.14. The first-order valence-electron chi connectivity index (χ1n) is 4.42. The molecule has 0 aliphatic heterocycles. The molecule has 3 nitrogen and oxygen atoms in total. The van der Waals surface area contributed by atoms with Crippen LogP contribution in [0.1, 0.15) is 5.69 Å². The summed E-state index contributed by atoms with van der Waals surface area (Å²) >= 11 is 0. The minimum absolute atomic E-state index is 0.0266. The van der Waals surface area contributed by atoms with Crippen LogP contribution in [0.2, 0.25) is 0 Å². The van der Waals surface area contributed by atoms with Crippen molar-refractivity contribution in [2.24, 2.45) is 0 Å². The van der Waals surface area contributed by atoms with Crippen LogP contribution in [0.3, 0.4) is 0 Å². The topological polar surface area (TPSA) is 34.4 Å². The van der Waals surface area contributed by atoms with Crippen LogP contribution in [-0.4, -0.2) is 29.1 Å². The highest BCUT2D eigenvalue weighted by Gasteiger charge is 2.27. The van der Waals surface area contributed by atoms with Crippen molar-refractivity contribution in [3.63, 3.8) is 0 Å². The Morgan fingerprint density at radius 2 is 2.13 bits per heavy atom. The maximum atomic E-state index is 11.7. The fourth-order valence-corrected chi connectivity index (χ4v) is 1.16. The maximum absolute atomic E-state index is 11.7. The van der Waals surface area contributed by atoms with Gasteiger partial charge in [-0.25, -0.2) is 0 Å². The third kappa shape index (κ3) is 4.35. The molecule has 86 valence electrons. The molecule has 1 N–H and O–H groups in total. The highest BCUT2D eigenvalue weighted by atomic mass is 19.4. The van der Waals surface area contributed by atoms with Gasteiger partial charge in [-0.1, -0.05) is 0 Å². The van der Waals surface area contributed by atoms with Gasteiger partial charge in [-0.3, -0.25) is 0 Å². The van der Waals surface area contributed by atoms with E-state index < -0.39 is 12.8 Å². The molecule has 0 saturated heterocycles. The van der Waals surface area contributed by atoms with E-state index >= 15 is 0 Å². The molecular formula is C9H12F3NO2. The molecule has 0 radical (unpaired) electrons. The van der Waals surface area contributed by atoms with Crippen molar-refractivity contribution < 1.29 is 23.0 Å². The van der Waals surface area contributed by atoms with E-state index in [4.69, 9.17) is 5.11 Å². The van der Waals surface area contributed by atoms with Crippen molar-refractivity contribution in [3.05, 3.63) is 24.0 Å². The van der Waals surface area contributed by atoms with Crippen LogP contribution in [0.4, 0.5) is 13.2 Å². The summed E-state index contributed by atoms with van der Waals surface area (Å²) in [4.78, 5) is 0. The van der Waals surface area contributed by atoms with E-state index in [9.17, 15) is 13.2 Å². The second-order valence-electron chi connectivity index (χ2n) is 3.02. The molecule has 0 amide bonds. The zero-order valence-electron chi connectivity index (χ0n) is 8.00. The first-order valence-corrected chi connectivity index (χ1v) is 4.42. The molecule has 1 aromatic heterocycles. The summed E-state index contributed by atoms with van der Waals surface area (Å²) in [6.07, 6.45) is -2.60. The smallest absolute Gasteiger partial charge is 0.390 e. The third-order valence-electron chi connectivity index (χ3n) is 1.83. The summed E-state index contributed by atoms with van der Waals surface area (Å²) in [7, 11) is 0. The average Bonchev–Trinajstić information content (AvgIpc) is 2.58. The van der Waals surface area contributed by atoms with Crippen molar-refractivity contribution in [2.45, 2.75) is 19.3 Å². The minimum Gasteiger partial charge on any atom is -0.390 e. The van der Waals surface area contributed by atoms with Crippen LogP contribution < -0.4 is 0 Å². The lowest BCUT2D eigenvalue weighted by molar-refractivity contribution is -0.174. The molecule has 15 heavy (non-hydrogen) atoms. The highest BCUT2D eigenvalue weighted by molar-refractivity contribution is 5.05. The van der Waals surface area contributed by atoms with Gasteiger partial charge in [0.25, 0.3) is 0 Å². The molecule has 0 fully saturated rings. The van der Waals surface area contributed by atoms with E-state index in [-0.39, 0.29) is 13.2 Å². The normalized spacial score (nSPS) is 12.0. The Morgan fingerprint density at radius 3 is 2.73 bits per heavy atom. The van der Waals surface area contributed by atoms with Gasteiger partial charge in [0.05, 0.1) is 13.2 Å². The molecule has 0 aliphatic rings. The first-order chi connectivity index (χ1) is 7.03. The quantitative estimate of drug-likeness (QED) is 0.769. The Hall–Kier alpha value is -1.01. The number of ether oxygens (including phenoxy) is 1. The fraction of sp³-hybridized carbons (Fsp3) is 0.556. The summed E-state index contributed by atoms with van der Waals surface area (Å²) in [6.45, 7) is -1.09. The lowest BCUT2D eigenvalue weighted by atomic mass is 10.4. The monoisotopic (exact) mass is 223 g/mol. The van der Waals surface area contributed by atoms with Crippen LogP contribution in [0, 0.1) is 0 Å². The van der Waals surface area contributed by atoms with Gasteiger partial charge in [-0.15, -0.1) is 0 Å². The van der Waals surface area contributed by atoms with Gasteiger partial charge >= 0.3 is 6.18 Å². The summed E-state index contributed by atoms with van der Waals surface area (Å²) in [6, 6.07) is 3.42. The Bertz CT molecular complexity index is 296. The number of rotatable bonds is 5. The van der Waals surface area contributed by atoms with Gasteiger partial charge < -0.3 is 14.4 Å². The van der Waals surface area contributed by atoms with Crippen molar-refractivity contribution in [3.8, 4) is 0 Å². The summed E-state index contributed by atoms with van der Waals surface area (Å²) in [5.41, 5.74) is 0.658. The van der Waals surface area contributed by atoms with Crippen LogP contribution >= 0.6 is 0 Å². The van der Waals surface area contributed by atoms with Gasteiger partial charge in [0.15, 0.2) is 0 Å². The molecule has 0 spiro atoms. The van der Waals surface area contributed by atoms with E-state index in [1.807, 2.05) is 0 Å². The van der Waals surface area contributed by atoms with Gasteiger partial charge in [0.2, 0.25) is 0 Å². The van der Waals surface area contributed by atoms with Gasteiger partial charge in [-0.05, 0) is 12.1 Å². The summed E-state index contributed by atoms with van der Waals surface area (Å²) in [5, 5.41) is 8.85. The van der Waals surface area contributed by atoms with Gasteiger partial charge in [0, 0.05) is 18.4 Å². The number of hydrogen-bond donors (Lipinski definition) is 1. The molecule has 0 bridgehead atoms. The Balaban J connectivity index is 2.26. The number of hydrogen-bond acceptors (Lipinski definition) is 2. The van der Waals surface area contributed by atoms with E-state index in [1.54, 1.807) is 22.9 Å². The average molecular weight is 223 g/mol. The predicted octanol–water partition coefficient (Wildman–Crippen LogP) is 1.56. The second kappa shape index (κ2) is 5.18. The first kappa shape index (κ1) is 12.1. The third-order valence-corrected chi connectivity index (χ3v) is 1.83. The van der Waals surface area contributed by atoms with Crippen LogP contribution in [0.5, 0.6) is 0 Å². The lowest BCUT2D eigenvalue weighted by Gasteiger charge is -2.09. The zero-order valence-corrected chi connectivity index (χ0v) is 8.00. The van der Waals surface area contributed by atoms with Gasteiger partial charge in [-0.2, -0.15) is 13.2 Å². The number of aromatic nitrogens is 1. The molecule has 0 saturated carbocycles. The van der Waals surface area contributed by atoms with E-state index in [2.05, 4.69) is 4.74 Å². The van der Waals surface area contributed by atoms with Crippen LogP contribution in [0.15, 0.2) is 18.3 Å². The second-order valence-corrected chi connectivity index (χ2v) is 3.02. The van der Waals surface area contributed by atoms with Crippen LogP contribution in [-0.2, 0) is 17.9 Å².